The van der Waals surface area contributed by atoms with Crippen LogP contribution in [-0.4, -0.2) is 29.7 Å². The number of thioether (sulfide) groups is 1. The molecule has 0 aromatic heterocycles. The van der Waals surface area contributed by atoms with E-state index in [1.807, 2.05) is 0 Å². The summed E-state index contributed by atoms with van der Waals surface area (Å²) in [5, 5.41) is 13.3. The van der Waals surface area contributed by atoms with Crippen molar-refractivity contribution in [3.63, 3.8) is 0 Å². The number of nitrogens with zero attached hydrogens (tertiary/aromatic N) is 1. The fourth-order valence-corrected chi connectivity index (χ4v) is 2.66. The Kier molecular flexibility index (Phi) is 6.35. The third-order valence-corrected chi connectivity index (χ3v) is 4.07. The van der Waals surface area contributed by atoms with Crippen LogP contribution in [0.15, 0.2) is 52.5 Å². The van der Waals surface area contributed by atoms with Gasteiger partial charge in [-0.05, 0) is 31.2 Å². The largest absolute Gasteiger partial charge is 0.496 e. The average Bonchev–Trinajstić information content (AvgIpc) is 2.59. The number of hydrogen-bond acceptors (Lipinski definition) is 5. The van der Waals surface area contributed by atoms with E-state index < -0.39 is 11.7 Å². The Morgan fingerprint density at radius 1 is 1.28 bits per heavy atom. The number of benzene rings is 2. The highest BCUT2D eigenvalue weighted by atomic mass is 32.2. The van der Waals surface area contributed by atoms with Gasteiger partial charge in [0.15, 0.2) is 0 Å². The lowest BCUT2D eigenvalue weighted by molar-refractivity contribution is 0.0698. The van der Waals surface area contributed by atoms with Gasteiger partial charge in [-0.2, -0.15) is 13.9 Å². The number of anilines is 1. The summed E-state index contributed by atoms with van der Waals surface area (Å²) in [5.74, 6) is -3.28. The van der Waals surface area contributed by atoms with Gasteiger partial charge >= 0.3 is 5.97 Å². The van der Waals surface area contributed by atoms with Crippen LogP contribution in [0.5, 0.6) is 5.75 Å². The summed E-state index contributed by atoms with van der Waals surface area (Å²) in [6, 6.07) is 11.2. The molecule has 0 spiro atoms. The lowest BCUT2D eigenvalue weighted by Crippen LogP contribution is -2.05. The number of hydrazone groups is 1. The number of carboxylic acids is 1. The Bertz CT molecular complexity index is 797. The van der Waals surface area contributed by atoms with Crippen molar-refractivity contribution in [1.82, 2.24) is 0 Å². The highest BCUT2D eigenvalue weighted by Gasteiger charge is 2.13. The molecule has 0 amide bonds. The van der Waals surface area contributed by atoms with Gasteiger partial charge in [-0.15, -0.1) is 0 Å². The molecule has 2 N–H and O–H groups in total. The molecule has 0 saturated carbocycles. The molecule has 0 saturated heterocycles. The fraction of sp³-hybridized carbons (Fsp3) is 0.176. The molecule has 0 bridgehead atoms. The number of methoxy groups -OCH3 is 1. The number of rotatable bonds is 7. The van der Waals surface area contributed by atoms with E-state index in [9.17, 15) is 13.6 Å². The van der Waals surface area contributed by atoms with Gasteiger partial charge in [0, 0.05) is 5.56 Å². The van der Waals surface area contributed by atoms with Gasteiger partial charge in [0.25, 0.3) is 5.76 Å². The Hall–Kier alpha value is -2.61. The van der Waals surface area contributed by atoms with Gasteiger partial charge < -0.3 is 9.84 Å². The molecule has 2 aromatic rings. The highest BCUT2D eigenvalue weighted by molar-refractivity contribution is 7.99. The molecule has 0 heterocycles. The van der Waals surface area contributed by atoms with Crippen LogP contribution < -0.4 is 10.2 Å². The second kappa shape index (κ2) is 8.48. The molecule has 132 valence electrons. The van der Waals surface area contributed by atoms with E-state index in [4.69, 9.17) is 9.84 Å². The van der Waals surface area contributed by atoms with Crippen LogP contribution in [0, 0.1) is 0 Å². The smallest absolute Gasteiger partial charge is 0.337 e. The third kappa shape index (κ3) is 4.93. The maximum absolute atomic E-state index is 12.5. The van der Waals surface area contributed by atoms with Crippen LogP contribution in [0.25, 0.3) is 0 Å². The Morgan fingerprint density at radius 3 is 2.64 bits per heavy atom. The molecule has 8 heteroatoms. The van der Waals surface area contributed by atoms with Crippen LogP contribution in [0.1, 0.15) is 22.8 Å². The van der Waals surface area contributed by atoms with E-state index in [1.54, 1.807) is 37.3 Å². The van der Waals surface area contributed by atoms with Crippen LogP contribution in [0.4, 0.5) is 14.5 Å². The predicted molar refractivity (Wildman–Crippen MR) is 94.1 cm³/mol. The molecule has 0 aliphatic rings. The summed E-state index contributed by atoms with van der Waals surface area (Å²) in [4.78, 5) is 11.5. The maximum atomic E-state index is 12.5. The van der Waals surface area contributed by atoms with E-state index in [2.05, 4.69) is 10.5 Å². The first kappa shape index (κ1) is 18.7. The number of carboxylic acid groups (broad SMARTS) is 1. The Balaban J connectivity index is 2.24. The molecule has 25 heavy (non-hydrogen) atoms. The first-order valence-electron chi connectivity index (χ1n) is 7.18. The van der Waals surface area contributed by atoms with Crippen molar-refractivity contribution in [2.24, 2.45) is 5.10 Å². The molecule has 0 fully saturated rings. The minimum atomic E-state index is -2.54. The van der Waals surface area contributed by atoms with Gasteiger partial charge in [0.05, 0.1) is 29.0 Å². The van der Waals surface area contributed by atoms with E-state index >= 15 is 0 Å². The number of aromatic carboxylic acids is 1. The molecule has 0 radical (unpaired) electrons. The second-order valence-corrected chi connectivity index (χ2v) is 5.94. The summed E-state index contributed by atoms with van der Waals surface area (Å²) < 4.78 is 30.2. The van der Waals surface area contributed by atoms with E-state index in [1.165, 1.54) is 19.2 Å². The fourth-order valence-electron chi connectivity index (χ4n) is 2.06. The van der Waals surface area contributed by atoms with Gasteiger partial charge in [0.1, 0.15) is 5.75 Å². The van der Waals surface area contributed by atoms with Gasteiger partial charge in [-0.1, -0.05) is 30.0 Å². The molecule has 0 atom stereocenters. The molecule has 0 aliphatic carbocycles. The van der Waals surface area contributed by atoms with Crippen LogP contribution in [0.3, 0.4) is 0 Å². The van der Waals surface area contributed by atoms with Gasteiger partial charge in [-0.25, -0.2) is 4.79 Å². The van der Waals surface area contributed by atoms with Crippen molar-refractivity contribution in [2.45, 2.75) is 17.6 Å². The number of carbonyl (C=O) groups is 1. The zero-order chi connectivity index (χ0) is 18.4. The molecular weight excluding hydrogens is 350 g/mol. The summed E-state index contributed by atoms with van der Waals surface area (Å²) >= 11 is 0.406. The second-order valence-electron chi connectivity index (χ2n) is 4.90. The Morgan fingerprint density at radius 2 is 2.00 bits per heavy atom. The number of para-hydroxylation sites is 1. The molecule has 0 unspecified atom stereocenters. The quantitative estimate of drug-likeness (QED) is 0.427. The van der Waals surface area contributed by atoms with Gasteiger partial charge in [-0.3, -0.25) is 5.43 Å². The topological polar surface area (TPSA) is 70.9 Å². The molecule has 5 nitrogen and oxygen atoms in total. The van der Waals surface area contributed by atoms with Gasteiger partial charge in [0.2, 0.25) is 0 Å². The van der Waals surface area contributed by atoms with E-state index in [-0.39, 0.29) is 5.56 Å². The first-order chi connectivity index (χ1) is 11.9. The van der Waals surface area contributed by atoms with Crippen LogP contribution in [0.2, 0.25) is 0 Å². The normalized spacial score (nSPS) is 11.5. The van der Waals surface area contributed by atoms with E-state index in [0.717, 1.165) is 0 Å². The number of hydrogen-bond donors (Lipinski definition) is 2. The van der Waals surface area contributed by atoms with Crippen molar-refractivity contribution in [1.29, 1.82) is 0 Å². The van der Waals surface area contributed by atoms with E-state index in [0.29, 0.717) is 39.4 Å². The third-order valence-electron chi connectivity index (χ3n) is 3.30. The van der Waals surface area contributed by atoms with Crippen LogP contribution in [-0.2, 0) is 0 Å². The molecule has 2 rings (SSSR count). The highest BCUT2D eigenvalue weighted by Crippen LogP contribution is 2.34. The summed E-state index contributed by atoms with van der Waals surface area (Å²) in [5.41, 5.74) is 4.38. The number of ether oxygens (including phenoxy) is 1. The predicted octanol–water partition coefficient (Wildman–Crippen LogP) is 4.54. The lowest BCUT2D eigenvalue weighted by Gasteiger charge is -2.10. The summed E-state index contributed by atoms with van der Waals surface area (Å²) in [6.07, 6.45) is 0. The maximum Gasteiger partial charge on any atom is 0.337 e. The standard InChI is InChI=1S/C17H16F2N2O3S/c1-10(20-21-13-6-4-3-5-12(13)16(22)23)11-7-8-15(25-17(18)19)14(9-11)24-2/h3-9,17,21H,1-2H3,(H,22,23)/b20-10+. The minimum absolute atomic E-state index is 0.0975. The van der Waals surface area contributed by atoms with Crippen LogP contribution >= 0.6 is 11.8 Å². The average molecular weight is 366 g/mol. The zero-order valence-corrected chi connectivity index (χ0v) is 14.3. The summed E-state index contributed by atoms with van der Waals surface area (Å²) in [6.45, 7) is 1.71. The first-order valence-corrected chi connectivity index (χ1v) is 8.06. The molecule has 2 aromatic carbocycles. The monoisotopic (exact) mass is 366 g/mol. The summed E-state index contributed by atoms with van der Waals surface area (Å²) in [7, 11) is 1.41. The van der Waals surface area contributed by atoms with Crippen molar-refractivity contribution >= 4 is 29.1 Å². The van der Waals surface area contributed by atoms with Crippen molar-refractivity contribution in [2.75, 3.05) is 12.5 Å². The SMILES string of the molecule is COc1cc(/C(C)=N/Nc2ccccc2C(=O)O)ccc1SC(F)F. The Labute approximate surface area is 147 Å². The number of nitrogens with one attached hydrogen (secondary N) is 1. The number of halogens is 2. The lowest BCUT2D eigenvalue weighted by atomic mass is 10.1. The number of alkyl halides is 2. The minimum Gasteiger partial charge on any atom is -0.496 e. The molecule has 0 aliphatic heterocycles. The molecular formula is C17H16F2N2O3S. The zero-order valence-electron chi connectivity index (χ0n) is 13.5. The van der Waals surface area contributed by atoms with Crippen molar-refractivity contribution in [3.05, 3.63) is 53.6 Å². The van der Waals surface area contributed by atoms with Crippen molar-refractivity contribution in [3.8, 4) is 5.75 Å². The van der Waals surface area contributed by atoms with Crippen molar-refractivity contribution < 1.29 is 23.4 Å².